The summed E-state index contributed by atoms with van der Waals surface area (Å²) in [6.07, 6.45) is 0.522. The summed E-state index contributed by atoms with van der Waals surface area (Å²) in [4.78, 5) is 11.9. The maximum absolute atomic E-state index is 11.9. The van der Waals surface area contributed by atoms with Crippen molar-refractivity contribution < 1.29 is 18.7 Å². The van der Waals surface area contributed by atoms with E-state index in [2.05, 4.69) is 10.2 Å². The highest BCUT2D eigenvalue weighted by Gasteiger charge is 2.13. The third-order valence-corrected chi connectivity index (χ3v) is 5.40. The topological polar surface area (TPSA) is 98.6 Å². The lowest BCUT2D eigenvalue weighted by Crippen LogP contribution is -2.01. The number of hydrogen-bond acceptors (Lipinski definition) is 8. The van der Waals surface area contributed by atoms with Crippen molar-refractivity contribution in [2.45, 2.75) is 24.3 Å². The van der Waals surface area contributed by atoms with Gasteiger partial charge in [-0.15, -0.1) is 10.2 Å². The Morgan fingerprint density at radius 1 is 1.10 bits per heavy atom. The van der Waals surface area contributed by atoms with Gasteiger partial charge >= 0.3 is 5.63 Å². The molecule has 0 atom stereocenters. The predicted octanol–water partition coefficient (Wildman–Crippen LogP) is 4.08. The number of phenols is 1. The van der Waals surface area contributed by atoms with Gasteiger partial charge in [0.2, 0.25) is 5.89 Å². The Balaban J connectivity index is 1.50. The Kier molecular flexibility index (Phi) is 5.26. The lowest BCUT2D eigenvalue weighted by Gasteiger charge is -2.07. The second kappa shape index (κ2) is 8.00. The van der Waals surface area contributed by atoms with Crippen LogP contribution in [0.25, 0.3) is 11.0 Å². The van der Waals surface area contributed by atoms with Gasteiger partial charge in [-0.2, -0.15) is 0 Å². The smallest absolute Gasteiger partial charge is 0.336 e. The summed E-state index contributed by atoms with van der Waals surface area (Å²) in [7, 11) is 1.63. The normalized spacial score (nSPS) is 11.1. The van der Waals surface area contributed by atoms with Crippen molar-refractivity contribution in [3.05, 3.63) is 75.5 Å². The van der Waals surface area contributed by atoms with E-state index in [1.165, 1.54) is 17.8 Å². The molecule has 2 aromatic heterocycles. The van der Waals surface area contributed by atoms with Crippen molar-refractivity contribution in [2.75, 3.05) is 7.11 Å². The number of phenolic OH excluding ortho intramolecular Hbond substituents is 1. The largest absolute Gasteiger partial charge is 0.508 e. The molecule has 2 heterocycles. The first kappa shape index (κ1) is 19.1. The minimum Gasteiger partial charge on any atom is -0.508 e. The molecule has 0 aliphatic carbocycles. The molecule has 7 nitrogen and oxygen atoms in total. The van der Waals surface area contributed by atoms with E-state index in [1.54, 1.807) is 26.2 Å². The van der Waals surface area contributed by atoms with E-state index < -0.39 is 5.63 Å². The van der Waals surface area contributed by atoms with E-state index in [9.17, 15) is 9.90 Å². The molecule has 0 radical (unpaired) electrons. The minimum absolute atomic E-state index is 0.0885. The van der Waals surface area contributed by atoms with Crippen LogP contribution >= 0.6 is 11.8 Å². The molecule has 0 saturated carbocycles. The number of aromatic hydroxyl groups is 1. The van der Waals surface area contributed by atoms with Gasteiger partial charge in [-0.1, -0.05) is 23.9 Å². The van der Waals surface area contributed by atoms with Crippen molar-refractivity contribution in [1.82, 2.24) is 10.2 Å². The number of ether oxygens (including phenoxy) is 1. The molecular weight excluding hydrogens is 392 g/mol. The molecule has 0 unspecified atom stereocenters. The van der Waals surface area contributed by atoms with E-state index >= 15 is 0 Å². The number of aromatic nitrogens is 2. The standard InChI is InChI=1S/C21H18N2O5S/c1-12-17(24)8-7-16-14(10-19(25)28-20(12)16)11-29-21-23-22-18(27-21)9-13-3-5-15(26-2)6-4-13/h3-8,10,24H,9,11H2,1-2H3. The van der Waals surface area contributed by atoms with Gasteiger partial charge in [-0.25, -0.2) is 4.79 Å². The van der Waals surface area contributed by atoms with Gasteiger partial charge in [-0.05, 0) is 42.3 Å². The maximum atomic E-state index is 11.9. The van der Waals surface area contributed by atoms with E-state index in [-0.39, 0.29) is 5.75 Å². The summed E-state index contributed by atoms with van der Waals surface area (Å²) in [5.74, 6) is 1.84. The number of aryl methyl sites for hydroxylation is 1. The van der Waals surface area contributed by atoms with Crippen LogP contribution in [-0.2, 0) is 12.2 Å². The Labute approximate surface area is 170 Å². The van der Waals surface area contributed by atoms with Crippen molar-refractivity contribution in [1.29, 1.82) is 0 Å². The molecule has 1 N–H and O–H groups in total. The molecule has 0 fully saturated rings. The highest BCUT2D eigenvalue weighted by Crippen LogP contribution is 2.30. The third-order valence-electron chi connectivity index (χ3n) is 4.53. The lowest BCUT2D eigenvalue weighted by molar-refractivity contribution is 0.413. The van der Waals surface area contributed by atoms with Crippen molar-refractivity contribution in [3.63, 3.8) is 0 Å². The van der Waals surface area contributed by atoms with Crippen LogP contribution in [0.4, 0.5) is 0 Å². The van der Waals surface area contributed by atoms with Gasteiger partial charge in [0.25, 0.3) is 5.22 Å². The molecular formula is C21H18N2O5S. The monoisotopic (exact) mass is 410 g/mol. The molecule has 0 bridgehead atoms. The second-order valence-electron chi connectivity index (χ2n) is 6.45. The molecule has 2 aromatic carbocycles. The highest BCUT2D eigenvalue weighted by molar-refractivity contribution is 7.98. The fourth-order valence-corrected chi connectivity index (χ4v) is 3.73. The molecule has 0 aliphatic rings. The van der Waals surface area contributed by atoms with Crippen LogP contribution in [0.1, 0.15) is 22.6 Å². The summed E-state index contributed by atoms with van der Waals surface area (Å²) in [5, 5.41) is 19.2. The molecule has 0 amide bonds. The Morgan fingerprint density at radius 2 is 1.90 bits per heavy atom. The summed E-state index contributed by atoms with van der Waals surface area (Å²) in [6, 6.07) is 12.4. The Bertz CT molecular complexity index is 1210. The van der Waals surface area contributed by atoms with Gasteiger partial charge in [0, 0.05) is 22.8 Å². The molecule has 0 saturated heterocycles. The number of thioether (sulfide) groups is 1. The first-order valence-electron chi connectivity index (χ1n) is 8.87. The molecule has 29 heavy (non-hydrogen) atoms. The first-order valence-corrected chi connectivity index (χ1v) is 9.85. The zero-order valence-corrected chi connectivity index (χ0v) is 16.7. The number of hydrogen-bond donors (Lipinski definition) is 1. The van der Waals surface area contributed by atoms with Crippen LogP contribution in [-0.4, -0.2) is 22.4 Å². The van der Waals surface area contributed by atoms with Crippen LogP contribution in [0, 0.1) is 6.92 Å². The minimum atomic E-state index is -0.465. The first-order chi connectivity index (χ1) is 14.0. The SMILES string of the molecule is COc1ccc(Cc2nnc(SCc3cc(=O)oc4c(C)c(O)ccc34)o2)cc1. The Hall–Kier alpha value is -3.26. The predicted molar refractivity (Wildman–Crippen MR) is 109 cm³/mol. The van der Waals surface area contributed by atoms with E-state index in [0.717, 1.165) is 22.3 Å². The highest BCUT2D eigenvalue weighted by atomic mass is 32.2. The molecule has 8 heteroatoms. The second-order valence-corrected chi connectivity index (χ2v) is 7.38. The van der Waals surface area contributed by atoms with Crippen LogP contribution in [0.15, 0.2) is 61.3 Å². The number of nitrogens with zero attached hydrogens (tertiary/aromatic N) is 2. The molecule has 0 spiro atoms. The van der Waals surface area contributed by atoms with Crippen LogP contribution in [0.5, 0.6) is 11.5 Å². The Morgan fingerprint density at radius 3 is 2.66 bits per heavy atom. The number of benzene rings is 2. The lowest BCUT2D eigenvalue weighted by atomic mass is 10.1. The van der Waals surface area contributed by atoms with Gasteiger partial charge < -0.3 is 18.7 Å². The summed E-state index contributed by atoms with van der Waals surface area (Å²) in [5.41, 5.74) is 2.27. The molecule has 148 valence electrons. The van der Waals surface area contributed by atoms with E-state index in [4.69, 9.17) is 13.6 Å². The van der Waals surface area contributed by atoms with Crippen molar-refractivity contribution >= 4 is 22.7 Å². The number of fused-ring (bicyclic) bond motifs is 1. The number of methoxy groups -OCH3 is 1. The van der Waals surface area contributed by atoms with E-state index in [1.807, 2.05) is 24.3 Å². The zero-order chi connectivity index (χ0) is 20.4. The van der Waals surface area contributed by atoms with Crippen LogP contribution in [0.3, 0.4) is 0 Å². The van der Waals surface area contributed by atoms with Crippen molar-refractivity contribution in [3.8, 4) is 11.5 Å². The summed E-state index contributed by atoms with van der Waals surface area (Å²) in [6.45, 7) is 1.71. The van der Waals surface area contributed by atoms with Gasteiger partial charge in [-0.3, -0.25) is 0 Å². The molecule has 4 rings (SSSR count). The van der Waals surface area contributed by atoms with Gasteiger partial charge in [0.1, 0.15) is 17.1 Å². The number of rotatable bonds is 6. The average Bonchev–Trinajstić information content (AvgIpc) is 3.17. The van der Waals surface area contributed by atoms with Gasteiger partial charge in [0.05, 0.1) is 13.5 Å². The fourth-order valence-electron chi connectivity index (χ4n) is 2.96. The van der Waals surface area contributed by atoms with E-state index in [0.29, 0.717) is 34.4 Å². The summed E-state index contributed by atoms with van der Waals surface area (Å²) < 4.78 is 16.1. The fraction of sp³-hybridized carbons (Fsp3) is 0.190. The molecule has 0 aliphatic heterocycles. The third kappa shape index (κ3) is 4.12. The van der Waals surface area contributed by atoms with Gasteiger partial charge in [0.15, 0.2) is 0 Å². The summed E-state index contributed by atoms with van der Waals surface area (Å²) >= 11 is 1.34. The van der Waals surface area contributed by atoms with Crippen LogP contribution < -0.4 is 10.4 Å². The zero-order valence-electron chi connectivity index (χ0n) is 15.8. The maximum Gasteiger partial charge on any atom is 0.336 e. The quantitative estimate of drug-likeness (QED) is 0.375. The molecule has 4 aromatic rings. The average molecular weight is 410 g/mol. The van der Waals surface area contributed by atoms with Crippen molar-refractivity contribution in [2.24, 2.45) is 0 Å². The van der Waals surface area contributed by atoms with Crippen LogP contribution in [0.2, 0.25) is 0 Å².